The van der Waals surface area contributed by atoms with Gasteiger partial charge in [-0.2, -0.15) is 0 Å². The van der Waals surface area contributed by atoms with Crippen molar-refractivity contribution < 1.29 is 38.0 Å². The van der Waals surface area contributed by atoms with Crippen molar-refractivity contribution in [2.45, 2.75) is 46.5 Å². The third-order valence-electron chi connectivity index (χ3n) is 10.6. The highest BCUT2D eigenvalue weighted by Gasteiger charge is 2.63. The molecule has 2 fully saturated rings. The Morgan fingerprint density at radius 1 is 0.510 bits per heavy atom. The summed E-state index contributed by atoms with van der Waals surface area (Å²) < 4.78 is 32.1. The highest BCUT2D eigenvalue weighted by atomic mass is 16.5. The summed E-state index contributed by atoms with van der Waals surface area (Å²) in [5.74, 6) is 4.56. The minimum Gasteiger partial charge on any atom is -0.497 e. The zero-order valence-electron chi connectivity index (χ0n) is 31.4. The zero-order valence-corrected chi connectivity index (χ0v) is 31.4. The van der Waals surface area contributed by atoms with Crippen molar-refractivity contribution in [2.24, 2.45) is 22.7 Å². The van der Waals surface area contributed by atoms with E-state index in [-0.39, 0.29) is 46.1 Å². The standard InChI is InChI=1S/C22H26O4.C21H24O4/c1-6-26-15-9-7-14(8-10-15)19-20(22(19,2)3)21(23)17-13-16(24-4)11-12-18(17)25-5;1-21(2)18(13-6-8-14(23-3)9-7-13)19(21)20(22)16-12-15(24-4)10-11-17(16)25-5/h7-13,19-20H,6H2,1-5H3;6-12,18-19H,1-5H3. The van der Waals surface area contributed by atoms with E-state index in [2.05, 4.69) is 39.8 Å². The number of hydrogen-bond acceptors (Lipinski definition) is 8. The smallest absolute Gasteiger partial charge is 0.170 e. The van der Waals surface area contributed by atoms with Gasteiger partial charge < -0.3 is 28.4 Å². The largest absolute Gasteiger partial charge is 0.497 e. The van der Waals surface area contributed by atoms with E-state index in [0.717, 1.165) is 17.1 Å². The van der Waals surface area contributed by atoms with Crippen LogP contribution in [-0.4, -0.2) is 53.7 Å². The van der Waals surface area contributed by atoms with Crippen molar-refractivity contribution in [1.29, 1.82) is 0 Å². The average molecular weight is 695 g/mol. The maximum absolute atomic E-state index is 13.3. The van der Waals surface area contributed by atoms with Gasteiger partial charge in [0.05, 0.1) is 53.3 Å². The Bertz CT molecular complexity index is 1840. The molecule has 2 aliphatic carbocycles. The molecule has 51 heavy (non-hydrogen) atoms. The summed E-state index contributed by atoms with van der Waals surface area (Å²) >= 11 is 0. The Kier molecular flexibility index (Phi) is 11.0. The van der Waals surface area contributed by atoms with Crippen molar-refractivity contribution in [3.8, 4) is 34.5 Å². The molecule has 8 heteroatoms. The van der Waals surface area contributed by atoms with E-state index in [1.807, 2.05) is 43.3 Å². The van der Waals surface area contributed by atoms with Gasteiger partial charge in [0.1, 0.15) is 34.5 Å². The molecule has 2 aliphatic rings. The number of rotatable bonds is 13. The van der Waals surface area contributed by atoms with Crippen LogP contribution in [-0.2, 0) is 0 Å². The predicted octanol–water partition coefficient (Wildman–Crippen LogP) is 9.06. The molecule has 2 saturated carbocycles. The molecule has 4 aromatic carbocycles. The maximum Gasteiger partial charge on any atom is 0.170 e. The number of ether oxygens (including phenoxy) is 6. The van der Waals surface area contributed by atoms with Crippen molar-refractivity contribution in [3.63, 3.8) is 0 Å². The summed E-state index contributed by atoms with van der Waals surface area (Å²) in [7, 11) is 8.01. The number of carbonyl (C=O) groups excluding carboxylic acids is 2. The molecular weight excluding hydrogens is 644 g/mol. The molecule has 4 unspecified atom stereocenters. The first-order valence-electron chi connectivity index (χ1n) is 17.3. The van der Waals surface area contributed by atoms with Crippen LogP contribution in [0.1, 0.15) is 78.3 Å². The third-order valence-corrected chi connectivity index (χ3v) is 10.6. The fourth-order valence-corrected chi connectivity index (χ4v) is 7.60. The molecule has 6 rings (SSSR count). The van der Waals surface area contributed by atoms with E-state index in [1.54, 1.807) is 71.9 Å². The fourth-order valence-electron chi connectivity index (χ4n) is 7.60. The van der Waals surface area contributed by atoms with Gasteiger partial charge in [-0.25, -0.2) is 0 Å². The van der Waals surface area contributed by atoms with Gasteiger partial charge in [0.15, 0.2) is 11.6 Å². The van der Waals surface area contributed by atoms with Gasteiger partial charge in [-0.3, -0.25) is 9.59 Å². The van der Waals surface area contributed by atoms with Crippen molar-refractivity contribution in [1.82, 2.24) is 0 Å². The van der Waals surface area contributed by atoms with Crippen LogP contribution in [0.25, 0.3) is 0 Å². The van der Waals surface area contributed by atoms with Crippen LogP contribution in [0.5, 0.6) is 34.5 Å². The van der Waals surface area contributed by atoms with Gasteiger partial charge >= 0.3 is 0 Å². The van der Waals surface area contributed by atoms with E-state index in [0.29, 0.717) is 40.7 Å². The van der Waals surface area contributed by atoms with Crippen LogP contribution in [0.15, 0.2) is 84.9 Å². The molecule has 4 aromatic rings. The van der Waals surface area contributed by atoms with Crippen molar-refractivity contribution in [2.75, 3.05) is 42.2 Å². The van der Waals surface area contributed by atoms with E-state index in [9.17, 15) is 9.59 Å². The molecule has 0 N–H and O–H groups in total. The van der Waals surface area contributed by atoms with Crippen LogP contribution in [0, 0.1) is 22.7 Å². The molecule has 0 aromatic heterocycles. The summed E-state index contributed by atoms with van der Waals surface area (Å²) in [6.07, 6.45) is 0. The highest BCUT2D eigenvalue weighted by molar-refractivity contribution is 6.04. The Balaban J connectivity index is 0.000000198. The lowest BCUT2D eigenvalue weighted by Crippen LogP contribution is -2.09. The van der Waals surface area contributed by atoms with E-state index in [4.69, 9.17) is 28.4 Å². The second kappa shape index (κ2) is 15.1. The second-order valence-corrected chi connectivity index (χ2v) is 14.2. The van der Waals surface area contributed by atoms with Crippen molar-refractivity contribution in [3.05, 3.63) is 107 Å². The summed E-state index contributed by atoms with van der Waals surface area (Å²) in [4.78, 5) is 26.5. The number of methoxy groups -OCH3 is 5. The van der Waals surface area contributed by atoms with E-state index < -0.39 is 0 Å². The molecule has 8 nitrogen and oxygen atoms in total. The summed E-state index contributed by atoms with van der Waals surface area (Å²) in [5, 5.41) is 0. The lowest BCUT2D eigenvalue weighted by atomic mass is 10.0. The van der Waals surface area contributed by atoms with Crippen LogP contribution >= 0.6 is 0 Å². The van der Waals surface area contributed by atoms with Gasteiger partial charge in [-0.15, -0.1) is 0 Å². The molecule has 0 amide bonds. The Morgan fingerprint density at radius 2 is 0.863 bits per heavy atom. The Hall–Kier alpha value is -4.98. The maximum atomic E-state index is 13.3. The number of carbonyl (C=O) groups is 2. The average Bonchev–Trinajstić information content (AvgIpc) is 3.96. The molecule has 0 heterocycles. The topological polar surface area (TPSA) is 89.5 Å². The van der Waals surface area contributed by atoms with Crippen LogP contribution in [0.2, 0.25) is 0 Å². The SMILES string of the molecule is CCOc1ccc(C2C(C(=O)c3cc(OC)ccc3OC)C2(C)C)cc1.COc1ccc(C2C(C(=O)c3cc(OC)ccc3OC)C2(C)C)cc1. The first kappa shape index (κ1) is 37.3. The van der Waals surface area contributed by atoms with E-state index >= 15 is 0 Å². The van der Waals surface area contributed by atoms with Crippen molar-refractivity contribution >= 4 is 11.6 Å². The fraction of sp³-hybridized carbons (Fsp3) is 0.395. The third kappa shape index (κ3) is 7.41. The molecule has 0 radical (unpaired) electrons. The van der Waals surface area contributed by atoms with E-state index in [1.165, 1.54) is 5.56 Å². The minimum absolute atomic E-state index is 0.0816. The van der Waals surface area contributed by atoms with Crippen LogP contribution in [0.3, 0.4) is 0 Å². The zero-order chi connectivity index (χ0) is 37.1. The van der Waals surface area contributed by atoms with Gasteiger partial charge in [0, 0.05) is 23.7 Å². The molecule has 0 spiro atoms. The summed E-state index contributed by atoms with van der Waals surface area (Å²) in [6, 6.07) is 26.7. The number of Topliss-reactive ketones (excluding diaryl/α,β-unsaturated/α-hetero) is 2. The number of benzene rings is 4. The normalized spacial score (nSPS) is 20.5. The first-order valence-corrected chi connectivity index (χ1v) is 17.3. The lowest BCUT2D eigenvalue weighted by Gasteiger charge is -2.10. The first-order chi connectivity index (χ1) is 24.4. The highest BCUT2D eigenvalue weighted by Crippen LogP contribution is 2.66. The van der Waals surface area contributed by atoms with Gasteiger partial charge in [0.2, 0.25) is 0 Å². The molecule has 4 atom stereocenters. The van der Waals surface area contributed by atoms with Gasteiger partial charge in [-0.1, -0.05) is 52.0 Å². The van der Waals surface area contributed by atoms with Gasteiger partial charge in [-0.05, 0) is 89.5 Å². The Labute approximate surface area is 302 Å². The number of ketones is 2. The van der Waals surface area contributed by atoms with Gasteiger partial charge in [0.25, 0.3) is 0 Å². The molecule has 270 valence electrons. The molecule has 0 saturated heterocycles. The summed E-state index contributed by atoms with van der Waals surface area (Å²) in [6.45, 7) is 11.2. The van der Waals surface area contributed by atoms with Crippen LogP contribution in [0.4, 0.5) is 0 Å². The Morgan fingerprint density at radius 3 is 1.20 bits per heavy atom. The minimum atomic E-state index is -0.0989. The molecule has 0 bridgehead atoms. The van der Waals surface area contributed by atoms with Crippen LogP contribution < -0.4 is 28.4 Å². The molecule has 0 aliphatic heterocycles. The monoisotopic (exact) mass is 694 g/mol. The lowest BCUT2D eigenvalue weighted by molar-refractivity contribution is 0.0940. The molecular formula is C43H50O8. The summed E-state index contributed by atoms with van der Waals surface area (Å²) in [5.41, 5.74) is 3.29. The second-order valence-electron chi connectivity index (χ2n) is 14.2. The quantitative estimate of drug-likeness (QED) is 0.128. The predicted molar refractivity (Wildman–Crippen MR) is 198 cm³/mol. The number of hydrogen-bond donors (Lipinski definition) is 0.